The van der Waals surface area contributed by atoms with Crippen molar-refractivity contribution in [3.05, 3.63) is 29.8 Å². The van der Waals surface area contributed by atoms with E-state index in [4.69, 9.17) is 11.6 Å². The van der Waals surface area contributed by atoms with E-state index in [1.54, 1.807) is 13.8 Å². The largest absolute Gasteiger partial charge is 0.437 e. The fourth-order valence-corrected chi connectivity index (χ4v) is 0.949. The molecule has 0 radical (unpaired) electrons. The topological polar surface area (TPSA) is 50.7 Å². The number of amides is 1. The van der Waals surface area contributed by atoms with Gasteiger partial charge in [0.25, 0.3) is 0 Å². The molecule has 7 heteroatoms. The number of nitrogens with one attached hydrogen (secondary N) is 1. The third-order valence-corrected chi connectivity index (χ3v) is 2.37. The normalized spacial score (nSPS) is 11.6. The Morgan fingerprint density at radius 3 is 2.67 bits per heavy atom. The molecule has 1 aromatic carbocycles. The van der Waals surface area contributed by atoms with Gasteiger partial charge < -0.3 is 0 Å². The zero-order valence-electron chi connectivity index (χ0n) is 9.71. The van der Waals surface area contributed by atoms with Gasteiger partial charge in [0.2, 0.25) is 0 Å². The van der Waals surface area contributed by atoms with Crippen LogP contribution in [-0.4, -0.2) is 11.3 Å². The number of nitrogens with zero attached hydrogens (tertiary/aromatic N) is 1. The quantitative estimate of drug-likeness (QED) is 0.520. The van der Waals surface area contributed by atoms with Crippen LogP contribution in [0.25, 0.3) is 0 Å². The highest BCUT2D eigenvalue weighted by Gasteiger charge is 2.09. The first-order chi connectivity index (χ1) is 8.40. The minimum absolute atomic E-state index is 0.0953. The van der Waals surface area contributed by atoms with Crippen LogP contribution in [-0.2, 0) is 4.84 Å². The molecule has 18 heavy (non-hydrogen) atoms. The monoisotopic (exact) mass is 276 g/mol. The maximum atomic E-state index is 13.2. The minimum atomic E-state index is -1.01. The summed E-state index contributed by atoms with van der Waals surface area (Å²) in [7, 11) is 0. The summed E-state index contributed by atoms with van der Waals surface area (Å²) in [4.78, 5) is 15.6. The average Bonchev–Trinajstić information content (AvgIpc) is 2.29. The van der Waals surface area contributed by atoms with E-state index < -0.39 is 17.7 Å². The van der Waals surface area contributed by atoms with Gasteiger partial charge in [0.1, 0.15) is 16.8 Å². The number of carbonyl (C=O) groups is 1. The summed E-state index contributed by atoms with van der Waals surface area (Å²) in [5, 5.41) is 5.51. The summed E-state index contributed by atoms with van der Waals surface area (Å²) >= 11 is 5.64. The predicted octanol–water partition coefficient (Wildman–Crippen LogP) is 3.72. The highest BCUT2D eigenvalue weighted by atomic mass is 35.5. The number of carbonyl (C=O) groups excluding carboxylic acids is 1. The Morgan fingerprint density at radius 1 is 1.44 bits per heavy atom. The summed E-state index contributed by atoms with van der Waals surface area (Å²) in [5.41, 5.74) is -0.211. The van der Waals surface area contributed by atoms with Crippen LogP contribution in [0.15, 0.2) is 23.4 Å². The van der Waals surface area contributed by atoms with Crippen LogP contribution in [0.2, 0.25) is 0 Å². The van der Waals surface area contributed by atoms with Crippen LogP contribution in [0.1, 0.15) is 13.8 Å². The number of anilines is 1. The molecule has 0 saturated carbocycles. The van der Waals surface area contributed by atoms with Gasteiger partial charge in [-0.25, -0.2) is 13.6 Å². The Labute approximate surface area is 108 Å². The molecular weight excluding hydrogens is 266 g/mol. The number of hydrogen-bond acceptors (Lipinski definition) is 3. The van der Waals surface area contributed by atoms with Crippen LogP contribution < -0.4 is 5.32 Å². The molecule has 0 aliphatic heterocycles. The summed E-state index contributed by atoms with van der Waals surface area (Å²) in [5.74, 6) is -1.75. The molecule has 98 valence electrons. The lowest BCUT2D eigenvalue weighted by Crippen LogP contribution is -2.13. The average molecular weight is 277 g/mol. The maximum Gasteiger partial charge on any atom is 0.437 e. The van der Waals surface area contributed by atoms with Crippen LogP contribution in [0.4, 0.5) is 19.3 Å². The first-order valence-electron chi connectivity index (χ1n) is 5.06. The first-order valence-corrected chi connectivity index (χ1v) is 5.44. The van der Waals surface area contributed by atoms with Crippen molar-refractivity contribution in [3.8, 4) is 0 Å². The van der Waals surface area contributed by atoms with Crippen molar-refractivity contribution in [2.45, 2.75) is 13.8 Å². The number of oxime groups is 1. The van der Waals surface area contributed by atoms with Gasteiger partial charge in [-0.15, -0.1) is 0 Å². The summed E-state index contributed by atoms with van der Waals surface area (Å²) in [6.45, 7) is 3.51. The van der Waals surface area contributed by atoms with Gasteiger partial charge in [-0.2, -0.15) is 0 Å². The molecule has 0 atom stereocenters. The van der Waals surface area contributed by atoms with E-state index in [9.17, 15) is 13.6 Å². The van der Waals surface area contributed by atoms with E-state index >= 15 is 0 Å². The molecule has 0 heterocycles. The van der Waals surface area contributed by atoms with E-state index in [-0.39, 0.29) is 16.8 Å². The van der Waals surface area contributed by atoms with Crippen molar-refractivity contribution in [1.29, 1.82) is 0 Å². The lowest BCUT2D eigenvalue weighted by atomic mass is 10.2. The third kappa shape index (κ3) is 4.29. The van der Waals surface area contributed by atoms with Gasteiger partial charge in [0, 0.05) is 12.0 Å². The smallest absolute Gasteiger partial charge is 0.297 e. The molecule has 0 saturated heterocycles. The number of rotatable bonds is 3. The fraction of sp³-hybridized carbons (Fsp3) is 0.273. The Kier molecular flexibility index (Phi) is 5.03. The lowest BCUT2D eigenvalue weighted by molar-refractivity contribution is 0.166. The fourth-order valence-electron chi connectivity index (χ4n) is 0.914. The van der Waals surface area contributed by atoms with Gasteiger partial charge in [0.05, 0.1) is 5.69 Å². The lowest BCUT2D eigenvalue weighted by Gasteiger charge is -2.05. The van der Waals surface area contributed by atoms with Crippen molar-refractivity contribution in [1.82, 2.24) is 0 Å². The molecule has 4 nitrogen and oxygen atoms in total. The number of halogens is 3. The second kappa shape index (κ2) is 6.30. The van der Waals surface area contributed by atoms with Crippen molar-refractivity contribution < 1.29 is 18.4 Å². The Hall–Kier alpha value is -1.69. The van der Waals surface area contributed by atoms with Gasteiger partial charge in [-0.1, -0.05) is 30.6 Å². The van der Waals surface area contributed by atoms with Crippen molar-refractivity contribution in [2.75, 3.05) is 5.32 Å². The molecule has 0 bridgehead atoms. The van der Waals surface area contributed by atoms with Crippen LogP contribution in [0.5, 0.6) is 0 Å². The van der Waals surface area contributed by atoms with E-state index in [1.807, 2.05) is 0 Å². The minimum Gasteiger partial charge on any atom is -0.297 e. The molecule has 0 aliphatic rings. The Morgan fingerprint density at radius 2 is 2.11 bits per heavy atom. The van der Waals surface area contributed by atoms with Gasteiger partial charge in [-0.05, 0) is 12.1 Å². The van der Waals surface area contributed by atoms with E-state index in [2.05, 4.69) is 15.3 Å². The Balaban J connectivity index is 2.63. The zero-order chi connectivity index (χ0) is 13.7. The van der Waals surface area contributed by atoms with Gasteiger partial charge >= 0.3 is 6.09 Å². The van der Waals surface area contributed by atoms with Gasteiger partial charge in [0.15, 0.2) is 0 Å². The van der Waals surface area contributed by atoms with Crippen molar-refractivity contribution in [3.63, 3.8) is 0 Å². The first kappa shape index (κ1) is 14.4. The second-order valence-electron chi connectivity index (χ2n) is 3.70. The highest BCUT2D eigenvalue weighted by molar-refractivity contribution is 6.65. The highest BCUT2D eigenvalue weighted by Crippen LogP contribution is 2.15. The molecule has 0 fully saturated rings. The van der Waals surface area contributed by atoms with E-state index in [1.165, 1.54) is 0 Å². The molecule has 0 unspecified atom stereocenters. The maximum absolute atomic E-state index is 13.2. The molecule has 1 N–H and O–H groups in total. The summed E-state index contributed by atoms with van der Waals surface area (Å²) in [6.07, 6.45) is -1.01. The Bertz CT molecular complexity index is 478. The molecule has 1 aromatic rings. The van der Waals surface area contributed by atoms with Crippen molar-refractivity contribution >= 4 is 28.6 Å². The molecular formula is C11H11ClF2N2O2. The molecule has 0 spiro atoms. The van der Waals surface area contributed by atoms with Crippen LogP contribution >= 0.6 is 11.6 Å². The SMILES string of the molecule is CC(C)C(Cl)=NOC(=O)Nc1ccc(F)cc1F. The molecule has 1 amide bonds. The molecule has 0 aromatic heterocycles. The third-order valence-electron chi connectivity index (χ3n) is 1.86. The predicted molar refractivity (Wildman–Crippen MR) is 64.6 cm³/mol. The van der Waals surface area contributed by atoms with Crippen LogP contribution in [0.3, 0.4) is 0 Å². The molecule has 0 aliphatic carbocycles. The van der Waals surface area contributed by atoms with Gasteiger partial charge in [-0.3, -0.25) is 10.2 Å². The standard InChI is InChI=1S/C11H11ClF2N2O2/c1-6(2)10(12)16-18-11(17)15-9-4-3-7(13)5-8(9)14/h3-6H,1-2H3,(H,15,17). The molecule has 1 rings (SSSR count). The number of benzene rings is 1. The number of hydrogen-bond donors (Lipinski definition) is 1. The van der Waals surface area contributed by atoms with Crippen molar-refractivity contribution in [2.24, 2.45) is 11.1 Å². The van der Waals surface area contributed by atoms with E-state index in [0.29, 0.717) is 6.07 Å². The van der Waals surface area contributed by atoms with E-state index in [0.717, 1.165) is 12.1 Å². The summed E-state index contributed by atoms with van der Waals surface area (Å²) in [6, 6.07) is 2.71. The summed E-state index contributed by atoms with van der Waals surface area (Å²) < 4.78 is 25.8. The zero-order valence-corrected chi connectivity index (χ0v) is 10.5. The van der Waals surface area contributed by atoms with Crippen LogP contribution in [0, 0.1) is 17.6 Å². The second-order valence-corrected chi connectivity index (χ2v) is 4.08.